The minimum absolute atomic E-state index is 0.0784. The van der Waals surface area contributed by atoms with Gasteiger partial charge < -0.3 is 0 Å². The zero-order valence-electron chi connectivity index (χ0n) is 10.8. The Morgan fingerprint density at radius 1 is 1.33 bits per heavy atom. The first-order chi connectivity index (χ1) is 9.81. The quantitative estimate of drug-likeness (QED) is 0.687. The van der Waals surface area contributed by atoms with Gasteiger partial charge in [-0.1, -0.05) is 17.7 Å². The fourth-order valence-electron chi connectivity index (χ4n) is 1.64. The third-order valence-corrected chi connectivity index (χ3v) is 4.27. The second kappa shape index (κ2) is 5.66. The Kier molecular flexibility index (Phi) is 4.10. The van der Waals surface area contributed by atoms with Crippen LogP contribution in [0.4, 0.5) is 11.5 Å². The van der Waals surface area contributed by atoms with Crippen molar-refractivity contribution in [3.8, 4) is 0 Å². The van der Waals surface area contributed by atoms with E-state index in [1.54, 1.807) is 19.1 Å². The van der Waals surface area contributed by atoms with Gasteiger partial charge in [-0.15, -0.1) is 0 Å². The number of anilines is 1. The highest BCUT2D eigenvalue weighted by atomic mass is 35.5. The number of sulfonamides is 1. The smallest absolute Gasteiger partial charge is 0.263 e. The van der Waals surface area contributed by atoms with Crippen molar-refractivity contribution in [1.82, 2.24) is 4.98 Å². The maximum absolute atomic E-state index is 12.3. The van der Waals surface area contributed by atoms with Crippen molar-refractivity contribution >= 4 is 33.1 Å². The molecular weight excluding hydrogens is 318 g/mol. The molecule has 0 aliphatic rings. The third kappa shape index (κ3) is 3.29. The van der Waals surface area contributed by atoms with Crippen molar-refractivity contribution in [3.05, 3.63) is 57.2 Å². The molecule has 0 spiro atoms. The summed E-state index contributed by atoms with van der Waals surface area (Å²) >= 11 is 5.66. The van der Waals surface area contributed by atoms with Crippen LogP contribution in [-0.4, -0.2) is 18.3 Å². The largest absolute Gasteiger partial charge is 0.291 e. The molecule has 0 bridgehead atoms. The number of nitro groups is 1. The van der Waals surface area contributed by atoms with Crippen molar-refractivity contribution in [2.24, 2.45) is 0 Å². The van der Waals surface area contributed by atoms with Crippen molar-refractivity contribution in [3.63, 3.8) is 0 Å². The number of hydrogen-bond acceptors (Lipinski definition) is 5. The molecular formula is C12H10ClN3O4S. The van der Waals surface area contributed by atoms with Crippen LogP contribution in [-0.2, 0) is 10.0 Å². The van der Waals surface area contributed by atoms with Crippen LogP contribution in [0.3, 0.4) is 0 Å². The summed E-state index contributed by atoms with van der Waals surface area (Å²) < 4.78 is 26.8. The summed E-state index contributed by atoms with van der Waals surface area (Å²) in [5.74, 6) is 0.113. The van der Waals surface area contributed by atoms with Crippen LogP contribution in [0.15, 0.2) is 41.4 Å². The molecule has 0 saturated heterocycles. The second-order valence-electron chi connectivity index (χ2n) is 4.14. The zero-order chi connectivity index (χ0) is 15.6. The number of rotatable bonds is 4. The summed E-state index contributed by atoms with van der Waals surface area (Å²) in [7, 11) is -4.14. The molecule has 1 aromatic heterocycles. The van der Waals surface area contributed by atoms with Crippen LogP contribution in [0.5, 0.6) is 0 Å². The Morgan fingerprint density at radius 2 is 2.05 bits per heavy atom. The van der Waals surface area contributed by atoms with E-state index in [9.17, 15) is 18.5 Å². The van der Waals surface area contributed by atoms with E-state index in [4.69, 9.17) is 11.6 Å². The van der Waals surface area contributed by atoms with E-state index in [1.807, 2.05) is 0 Å². The average Bonchev–Trinajstić information content (AvgIpc) is 2.40. The molecule has 0 saturated carbocycles. The molecule has 2 rings (SSSR count). The molecule has 0 fully saturated rings. The molecule has 1 heterocycles. The van der Waals surface area contributed by atoms with Gasteiger partial charge >= 0.3 is 0 Å². The standard InChI is InChI=1S/C12H10ClN3O4S/c1-8-3-2-6-14-12(8)15-21(19,20)11-5-4-9(13)7-10(11)16(17)18/h2-7H,1H3,(H,14,15). The zero-order valence-corrected chi connectivity index (χ0v) is 12.4. The molecule has 0 aliphatic heterocycles. The molecule has 9 heteroatoms. The highest BCUT2D eigenvalue weighted by molar-refractivity contribution is 7.92. The van der Waals surface area contributed by atoms with Crippen LogP contribution in [0.2, 0.25) is 5.02 Å². The molecule has 1 aromatic carbocycles. The molecule has 2 aromatic rings. The summed E-state index contributed by atoms with van der Waals surface area (Å²) in [6.07, 6.45) is 1.42. The molecule has 0 amide bonds. The predicted molar refractivity (Wildman–Crippen MR) is 77.9 cm³/mol. The van der Waals surface area contributed by atoms with Gasteiger partial charge in [0.2, 0.25) is 0 Å². The Labute approximate surface area is 125 Å². The van der Waals surface area contributed by atoms with Gasteiger partial charge in [0, 0.05) is 17.3 Å². The predicted octanol–water partition coefficient (Wildman–Crippen LogP) is 2.75. The number of aromatic nitrogens is 1. The van der Waals surface area contributed by atoms with E-state index in [2.05, 4.69) is 9.71 Å². The number of aryl methyl sites for hydroxylation is 1. The van der Waals surface area contributed by atoms with Crippen molar-refractivity contribution in [2.75, 3.05) is 4.72 Å². The van der Waals surface area contributed by atoms with Crippen LogP contribution in [0.25, 0.3) is 0 Å². The van der Waals surface area contributed by atoms with E-state index in [-0.39, 0.29) is 10.8 Å². The lowest BCUT2D eigenvalue weighted by Crippen LogP contribution is -2.16. The van der Waals surface area contributed by atoms with Gasteiger partial charge in [-0.05, 0) is 30.7 Å². The summed E-state index contributed by atoms with van der Waals surface area (Å²) in [6.45, 7) is 1.67. The van der Waals surface area contributed by atoms with Gasteiger partial charge in [0.15, 0.2) is 4.90 Å². The SMILES string of the molecule is Cc1cccnc1NS(=O)(=O)c1ccc(Cl)cc1[N+](=O)[O-]. The minimum Gasteiger partial charge on any atom is -0.263 e. The van der Waals surface area contributed by atoms with Crippen molar-refractivity contribution < 1.29 is 13.3 Å². The molecule has 0 aliphatic carbocycles. The number of nitrogens with zero attached hydrogens (tertiary/aromatic N) is 2. The van der Waals surface area contributed by atoms with Gasteiger partial charge in [-0.25, -0.2) is 13.4 Å². The van der Waals surface area contributed by atoms with Crippen LogP contribution >= 0.6 is 11.6 Å². The molecule has 110 valence electrons. The average molecular weight is 328 g/mol. The summed E-state index contributed by atoms with van der Waals surface area (Å²) in [4.78, 5) is 13.6. The minimum atomic E-state index is -4.14. The molecule has 0 radical (unpaired) electrons. The number of halogens is 1. The molecule has 1 N–H and O–H groups in total. The first-order valence-corrected chi connectivity index (χ1v) is 7.56. The van der Waals surface area contributed by atoms with Gasteiger partial charge in [-0.3, -0.25) is 14.8 Å². The van der Waals surface area contributed by atoms with E-state index in [0.29, 0.717) is 5.56 Å². The highest BCUT2D eigenvalue weighted by Crippen LogP contribution is 2.28. The van der Waals surface area contributed by atoms with Crippen molar-refractivity contribution in [1.29, 1.82) is 0 Å². The summed E-state index contributed by atoms with van der Waals surface area (Å²) in [5.41, 5.74) is 0.00118. The normalized spacial score (nSPS) is 11.1. The molecule has 0 unspecified atom stereocenters. The maximum atomic E-state index is 12.3. The Balaban J connectivity index is 2.50. The first kappa shape index (κ1) is 15.2. The lowest BCUT2D eigenvalue weighted by Gasteiger charge is -2.09. The number of nitro benzene ring substituents is 1. The fraction of sp³-hybridized carbons (Fsp3) is 0.0833. The molecule has 21 heavy (non-hydrogen) atoms. The Morgan fingerprint density at radius 3 is 2.67 bits per heavy atom. The fourth-order valence-corrected chi connectivity index (χ4v) is 3.04. The number of hydrogen-bond donors (Lipinski definition) is 1. The Hall–Kier alpha value is -2.19. The summed E-state index contributed by atoms with van der Waals surface area (Å²) in [5, 5.41) is 11.1. The number of pyridine rings is 1. The van der Waals surface area contributed by atoms with Crippen molar-refractivity contribution in [2.45, 2.75) is 11.8 Å². The number of nitrogens with one attached hydrogen (secondary N) is 1. The van der Waals surface area contributed by atoms with Gasteiger partial charge in [-0.2, -0.15) is 0 Å². The van der Waals surface area contributed by atoms with E-state index < -0.39 is 25.5 Å². The molecule has 0 atom stereocenters. The highest BCUT2D eigenvalue weighted by Gasteiger charge is 2.26. The van der Waals surface area contributed by atoms with Gasteiger partial charge in [0.1, 0.15) is 5.82 Å². The Bertz CT molecular complexity index is 808. The molecule has 7 nitrogen and oxygen atoms in total. The lowest BCUT2D eigenvalue weighted by atomic mass is 10.3. The second-order valence-corrected chi connectivity index (χ2v) is 6.23. The van der Waals surface area contributed by atoms with E-state index in [0.717, 1.165) is 12.1 Å². The van der Waals surface area contributed by atoms with Gasteiger partial charge in [0.25, 0.3) is 15.7 Å². The van der Waals surface area contributed by atoms with E-state index in [1.165, 1.54) is 12.3 Å². The van der Waals surface area contributed by atoms with E-state index >= 15 is 0 Å². The maximum Gasteiger partial charge on any atom is 0.291 e. The number of benzene rings is 1. The third-order valence-electron chi connectivity index (χ3n) is 2.65. The van der Waals surface area contributed by atoms with Crippen LogP contribution in [0.1, 0.15) is 5.56 Å². The summed E-state index contributed by atoms with van der Waals surface area (Å²) in [6, 6.07) is 6.66. The topological polar surface area (TPSA) is 102 Å². The first-order valence-electron chi connectivity index (χ1n) is 5.69. The van der Waals surface area contributed by atoms with Crippen LogP contribution in [0, 0.1) is 17.0 Å². The monoisotopic (exact) mass is 327 g/mol. The van der Waals surface area contributed by atoms with Gasteiger partial charge in [0.05, 0.1) is 4.92 Å². The lowest BCUT2D eigenvalue weighted by molar-refractivity contribution is -0.387. The van der Waals surface area contributed by atoms with Crippen LogP contribution < -0.4 is 4.72 Å².